The van der Waals surface area contributed by atoms with Crippen LogP contribution in [0.15, 0.2) is 47.5 Å². The Hall–Kier alpha value is -1.60. The number of benzene rings is 1. The molecule has 98 valence electrons. The third-order valence-corrected chi connectivity index (χ3v) is 3.83. The monoisotopic (exact) mass is 317 g/mol. The van der Waals surface area contributed by atoms with Gasteiger partial charge in [0.15, 0.2) is 0 Å². The van der Waals surface area contributed by atoms with Crippen LogP contribution in [-0.4, -0.2) is 9.55 Å². The minimum atomic E-state index is -0.490. The molecule has 0 bridgehead atoms. The zero-order valence-corrected chi connectivity index (χ0v) is 12.5. The molecule has 4 heteroatoms. The Labute approximate surface area is 122 Å². The van der Waals surface area contributed by atoms with E-state index in [1.165, 1.54) is 0 Å². The van der Waals surface area contributed by atoms with Gasteiger partial charge in [-0.2, -0.15) is 5.26 Å². The van der Waals surface area contributed by atoms with Gasteiger partial charge in [-0.3, -0.25) is 0 Å². The van der Waals surface area contributed by atoms with Gasteiger partial charge < -0.3 is 4.57 Å². The minimum absolute atomic E-state index is 0.490. The van der Waals surface area contributed by atoms with Crippen molar-refractivity contribution in [3.8, 4) is 6.07 Å². The smallest absolute Gasteiger partial charge is 0.100 e. The van der Waals surface area contributed by atoms with E-state index in [0.29, 0.717) is 6.54 Å². The van der Waals surface area contributed by atoms with E-state index in [1.54, 1.807) is 12.5 Å². The molecule has 0 saturated carbocycles. The third kappa shape index (κ3) is 3.05. The lowest BCUT2D eigenvalue weighted by molar-refractivity contribution is 0.421. The van der Waals surface area contributed by atoms with Crippen LogP contribution in [0.4, 0.5) is 0 Å². The highest BCUT2D eigenvalue weighted by Gasteiger charge is 2.31. The highest BCUT2D eigenvalue weighted by atomic mass is 79.9. The molecule has 1 aromatic heterocycles. The lowest BCUT2D eigenvalue weighted by atomic mass is 9.78. The molecule has 0 aliphatic carbocycles. The Morgan fingerprint density at radius 2 is 2.11 bits per heavy atom. The van der Waals surface area contributed by atoms with E-state index in [9.17, 15) is 5.26 Å². The number of rotatable bonds is 5. The normalized spacial score (nSPS) is 13.7. The second-order valence-corrected chi connectivity index (χ2v) is 5.60. The first-order valence-electron chi connectivity index (χ1n) is 6.33. The Bertz CT molecular complexity index is 554. The number of halogens is 1. The molecule has 1 heterocycles. The van der Waals surface area contributed by atoms with Crippen LogP contribution >= 0.6 is 15.9 Å². The van der Waals surface area contributed by atoms with E-state index in [4.69, 9.17) is 0 Å². The van der Waals surface area contributed by atoms with Crippen LogP contribution in [0.25, 0.3) is 0 Å². The van der Waals surface area contributed by atoms with Gasteiger partial charge in [0.1, 0.15) is 5.41 Å². The van der Waals surface area contributed by atoms with Gasteiger partial charge in [0, 0.05) is 23.4 Å². The highest BCUT2D eigenvalue weighted by molar-refractivity contribution is 9.10. The average Bonchev–Trinajstić information content (AvgIpc) is 2.92. The number of nitrogens with zero attached hydrogens (tertiary/aromatic N) is 3. The van der Waals surface area contributed by atoms with Gasteiger partial charge in [0.25, 0.3) is 0 Å². The van der Waals surface area contributed by atoms with Gasteiger partial charge in [-0.1, -0.05) is 41.4 Å². The SMILES string of the molecule is CCCC(C#N)(Cn1ccnc1)c1ccc(Br)cc1. The fourth-order valence-corrected chi connectivity index (χ4v) is 2.62. The summed E-state index contributed by atoms with van der Waals surface area (Å²) in [7, 11) is 0. The Kier molecular flexibility index (Phi) is 4.39. The molecule has 0 spiro atoms. The second kappa shape index (κ2) is 6.03. The van der Waals surface area contributed by atoms with Crippen LogP contribution in [-0.2, 0) is 12.0 Å². The molecular formula is C15H16BrN3. The maximum absolute atomic E-state index is 9.73. The molecular weight excluding hydrogens is 302 g/mol. The minimum Gasteiger partial charge on any atom is -0.336 e. The van der Waals surface area contributed by atoms with Crippen molar-refractivity contribution in [1.29, 1.82) is 5.26 Å². The largest absolute Gasteiger partial charge is 0.336 e. The fourth-order valence-electron chi connectivity index (χ4n) is 2.36. The summed E-state index contributed by atoms with van der Waals surface area (Å²) < 4.78 is 3.00. The molecule has 2 aromatic rings. The molecule has 0 fully saturated rings. The quantitative estimate of drug-likeness (QED) is 0.839. The summed E-state index contributed by atoms with van der Waals surface area (Å²) in [4.78, 5) is 4.05. The first-order chi connectivity index (χ1) is 9.20. The van der Waals surface area contributed by atoms with Gasteiger partial charge in [0.05, 0.1) is 12.4 Å². The first kappa shape index (κ1) is 13.8. The van der Waals surface area contributed by atoms with Gasteiger partial charge in [0.2, 0.25) is 0 Å². The van der Waals surface area contributed by atoms with Crippen molar-refractivity contribution in [1.82, 2.24) is 9.55 Å². The lowest BCUT2D eigenvalue weighted by Gasteiger charge is -2.27. The molecule has 0 radical (unpaired) electrons. The molecule has 0 N–H and O–H groups in total. The summed E-state index contributed by atoms with van der Waals surface area (Å²) in [5, 5.41) is 9.73. The predicted molar refractivity (Wildman–Crippen MR) is 78.6 cm³/mol. The van der Waals surface area contributed by atoms with Gasteiger partial charge in [-0.25, -0.2) is 4.98 Å². The van der Waals surface area contributed by atoms with Crippen molar-refractivity contribution in [2.45, 2.75) is 31.7 Å². The molecule has 0 aliphatic rings. The van der Waals surface area contributed by atoms with Gasteiger partial charge >= 0.3 is 0 Å². The number of hydrogen-bond donors (Lipinski definition) is 0. The van der Waals surface area contributed by atoms with Crippen molar-refractivity contribution in [3.05, 3.63) is 53.0 Å². The summed E-state index contributed by atoms with van der Waals surface area (Å²) in [5.74, 6) is 0. The molecule has 0 amide bonds. The van der Waals surface area contributed by atoms with Crippen LogP contribution in [0.3, 0.4) is 0 Å². The number of hydrogen-bond acceptors (Lipinski definition) is 2. The summed E-state index contributed by atoms with van der Waals surface area (Å²) in [6.07, 6.45) is 7.22. The lowest BCUT2D eigenvalue weighted by Crippen LogP contribution is -2.29. The van der Waals surface area contributed by atoms with E-state index < -0.39 is 5.41 Å². The number of aromatic nitrogens is 2. The molecule has 0 aliphatic heterocycles. The number of nitriles is 1. The predicted octanol–water partition coefficient (Wildman–Crippen LogP) is 3.91. The van der Waals surface area contributed by atoms with Gasteiger partial charge in [-0.05, 0) is 24.1 Å². The van der Waals surface area contributed by atoms with E-state index in [0.717, 1.165) is 22.9 Å². The first-order valence-corrected chi connectivity index (χ1v) is 7.12. The Morgan fingerprint density at radius 1 is 1.37 bits per heavy atom. The average molecular weight is 318 g/mol. The van der Waals surface area contributed by atoms with Crippen molar-refractivity contribution in [3.63, 3.8) is 0 Å². The maximum atomic E-state index is 9.73. The summed E-state index contributed by atoms with van der Waals surface area (Å²) >= 11 is 3.44. The van der Waals surface area contributed by atoms with Crippen molar-refractivity contribution < 1.29 is 0 Å². The summed E-state index contributed by atoms with van der Waals surface area (Å²) in [5.41, 5.74) is 0.574. The van der Waals surface area contributed by atoms with Crippen LogP contribution in [0, 0.1) is 11.3 Å². The summed E-state index contributed by atoms with van der Waals surface area (Å²) in [6.45, 7) is 2.75. The van der Waals surface area contributed by atoms with Crippen LogP contribution in [0.5, 0.6) is 0 Å². The molecule has 1 aromatic carbocycles. The highest BCUT2D eigenvalue weighted by Crippen LogP contribution is 2.31. The molecule has 3 nitrogen and oxygen atoms in total. The maximum Gasteiger partial charge on any atom is 0.100 e. The molecule has 1 atom stereocenters. The van der Waals surface area contributed by atoms with Crippen molar-refractivity contribution in [2.24, 2.45) is 0 Å². The molecule has 0 saturated heterocycles. The van der Waals surface area contributed by atoms with Crippen LogP contribution in [0.2, 0.25) is 0 Å². The van der Waals surface area contributed by atoms with E-state index in [1.807, 2.05) is 35.0 Å². The van der Waals surface area contributed by atoms with E-state index in [2.05, 4.69) is 33.9 Å². The topological polar surface area (TPSA) is 41.6 Å². The number of imidazole rings is 1. The zero-order chi connectivity index (χ0) is 13.7. The van der Waals surface area contributed by atoms with Crippen molar-refractivity contribution >= 4 is 15.9 Å². The standard InChI is InChI=1S/C15H16BrN3/c1-2-7-15(10-17,11-19-9-8-18-12-19)13-3-5-14(16)6-4-13/h3-6,8-9,12H,2,7,11H2,1H3. The van der Waals surface area contributed by atoms with Crippen molar-refractivity contribution in [2.75, 3.05) is 0 Å². The second-order valence-electron chi connectivity index (χ2n) is 4.69. The summed E-state index contributed by atoms with van der Waals surface area (Å²) in [6, 6.07) is 10.6. The fraction of sp³-hybridized carbons (Fsp3) is 0.333. The van der Waals surface area contributed by atoms with E-state index in [-0.39, 0.29) is 0 Å². The van der Waals surface area contributed by atoms with Gasteiger partial charge in [-0.15, -0.1) is 0 Å². The van der Waals surface area contributed by atoms with Crippen LogP contribution < -0.4 is 0 Å². The third-order valence-electron chi connectivity index (χ3n) is 3.30. The molecule has 1 unspecified atom stereocenters. The Balaban J connectivity index is 2.38. The van der Waals surface area contributed by atoms with Crippen LogP contribution in [0.1, 0.15) is 25.3 Å². The van der Waals surface area contributed by atoms with E-state index >= 15 is 0 Å². The zero-order valence-electron chi connectivity index (χ0n) is 10.9. The Morgan fingerprint density at radius 3 is 2.63 bits per heavy atom. The molecule has 2 rings (SSSR count). The molecule has 19 heavy (non-hydrogen) atoms.